The van der Waals surface area contributed by atoms with E-state index in [0.29, 0.717) is 13.2 Å². The monoisotopic (exact) mass is 278 g/mol. The second-order valence-corrected chi connectivity index (χ2v) is 4.83. The van der Waals surface area contributed by atoms with Gasteiger partial charge in [-0.2, -0.15) is 0 Å². The summed E-state index contributed by atoms with van der Waals surface area (Å²) in [5.74, 6) is 0.317. The zero-order chi connectivity index (χ0) is 14.5. The minimum atomic E-state index is -0.445. The summed E-state index contributed by atoms with van der Waals surface area (Å²) in [7, 11) is 0. The average Bonchev–Trinajstić information content (AvgIpc) is 2.47. The molecule has 0 amide bonds. The van der Waals surface area contributed by atoms with Crippen LogP contribution in [0.3, 0.4) is 0 Å². The summed E-state index contributed by atoms with van der Waals surface area (Å²) < 4.78 is 5.35. The summed E-state index contributed by atoms with van der Waals surface area (Å²) in [4.78, 5) is 23.5. The molecule has 0 spiro atoms. The number of aldehydes is 1. The zero-order valence-corrected chi connectivity index (χ0v) is 11.4. The largest absolute Gasteiger partial charge is 0.487 e. The first-order valence-electron chi connectivity index (χ1n) is 6.77. The maximum absolute atomic E-state index is 10.9. The normalized spacial score (nSPS) is 18.6. The van der Waals surface area contributed by atoms with Crippen molar-refractivity contribution in [2.24, 2.45) is 5.92 Å². The molecule has 1 atom stereocenters. The third kappa shape index (κ3) is 3.07. The molecule has 108 valence electrons. The third-order valence-electron chi connectivity index (χ3n) is 3.46. The van der Waals surface area contributed by atoms with E-state index >= 15 is 0 Å². The lowest BCUT2D eigenvalue weighted by Crippen LogP contribution is -2.35. The molecular formula is C14H18N2O4. The lowest BCUT2D eigenvalue weighted by Gasteiger charge is -2.32. The fourth-order valence-corrected chi connectivity index (χ4v) is 2.48. The standard InChI is InChI=1S/C14H18N2O4/c1-2-20-14-8-12(5-6-13(14)16(18)19)15-7-3-4-11(9-15)10-17/h5-6,8,10-11H,2-4,7,9H2,1H3. The molecule has 0 N–H and O–H groups in total. The molecule has 1 saturated heterocycles. The Hall–Kier alpha value is -2.11. The number of hydrogen-bond donors (Lipinski definition) is 0. The van der Waals surface area contributed by atoms with Crippen LogP contribution in [0, 0.1) is 16.0 Å². The van der Waals surface area contributed by atoms with E-state index < -0.39 is 4.92 Å². The number of nitro benzene ring substituents is 1. The zero-order valence-electron chi connectivity index (χ0n) is 11.4. The number of carbonyl (C=O) groups excluding carboxylic acids is 1. The Morgan fingerprint density at radius 2 is 2.35 bits per heavy atom. The molecule has 1 unspecified atom stereocenters. The predicted molar refractivity (Wildman–Crippen MR) is 75.3 cm³/mol. The highest BCUT2D eigenvalue weighted by molar-refractivity contribution is 5.61. The van der Waals surface area contributed by atoms with Gasteiger partial charge in [0.15, 0.2) is 5.75 Å². The van der Waals surface area contributed by atoms with Gasteiger partial charge >= 0.3 is 5.69 Å². The number of rotatable bonds is 5. The quantitative estimate of drug-likeness (QED) is 0.470. The van der Waals surface area contributed by atoms with Crippen LogP contribution < -0.4 is 9.64 Å². The fraction of sp³-hybridized carbons (Fsp3) is 0.500. The van der Waals surface area contributed by atoms with E-state index in [1.165, 1.54) is 6.07 Å². The van der Waals surface area contributed by atoms with Crippen molar-refractivity contribution in [3.8, 4) is 5.75 Å². The van der Waals surface area contributed by atoms with Gasteiger partial charge in [-0.1, -0.05) is 0 Å². The third-order valence-corrected chi connectivity index (χ3v) is 3.46. The maximum atomic E-state index is 10.9. The topological polar surface area (TPSA) is 72.7 Å². The van der Waals surface area contributed by atoms with Gasteiger partial charge in [-0.15, -0.1) is 0 Å². The van der Waals surface area contributed by atoms with Gasteiger partial charge < -0.3 is 14.4 Å². The van der Waals surface area contributed by atoms with Crippen molar-refractivity contribution in [2.75, 3.05) is 24.6 Å². The molecule has 1 heterocycles. The first kappa shape index (κ1) is 14.3. The highest BCUT2D eigenvalue weighted by Crippen LogP contribution is 2.33. The van der Waals surface area contributed by atoms with Gasteiger partial charge in [0, 0.05) is 36.8 Å². The van der Waals surface area contributed by atoms with Crippen molar-refractivity contribution in [3.05, 3.63) is 28.3 Å². The lowest BCUT2D eigenvalue weighted by molar-refractivity contribution is -0.385. The minimum Gasteiger partial charge on any atom is -0.487 e. The van der Waals surface area contributed by atoms with Crippen molar-refractivity contribution >= 4 is 17.7 Å². The van der Waals surface area contributed by atoms with Crippen LogP contribution in [0.4, 0.5) is 11.4 Å². The number of anilines is 1. The molecule has 1 aromatic carbocycles. The SMILES string of the molecule is CCOc1cc(N2CCCC(C=O)C2)ccc1[N+](=O)[O-]. The highest BCUT2D eigenvalue weighted by atomic mass is 16.6. The van der Waals surface area contributed by atoms with Crippen molar-refractivity contribution in [3.63, 3.8) is 0 Å². The summed E-state index contributed by atoms with van der Waals surface area (Å²) in [6.45, 7) is 3.68. The molecule has 0 bridgehead atoms. The van der Waals surface area contributed by atoms with E-state index in [1.807, 2.05) is 0 Å². The number of hydrogen-bond acceptors (Lipinski definition) is 5. The molecule has 6 heteroatoms. The number of nitrogens with zero attached hydrogens (tertiary/aromatic N) is 2. The summed E-state index contributed by atoms with van der Waals surface area (Å²) in [5.41, 5.74) is 0.838. The molecule has 6 nitrogen and oxygen atoms in total. The Kier molecular flexibility index (Phi) is 4.55. The maximum Gasteiger partial charge on any atom is 0.311 e. The van der Waals surface area contributed by atoms with Gasteiger partial charge in [0.05, 0.1) is 11.5 Å². The number of nitro groups is 1. The molecular weight excluding hydrogens is 260 g/mol. The molecule has 2 rings (SSSR count). The van der Waals surface area contributed by atoms with E-state index in [2.05, 4.69) is 4.90 Å². The van der Waals surface area contributed by atoms with Gasteiger partial charge in [-0.3, -0.25) is 10.1 Å². The Bertz CT molecular complexity index is 504. The minimum absolute atomic E-state index is 0.0282. The molecule has 0 saturated carbocycles. The summed E-state index contributed by atoms with van der Waals surface area (Å²) >= 11 is 0. The Morgan fingerprint density at radius 3 is 3.00 bits per heavy atom. The van der Waals surface area contributed by atoms with Crippen LogP contribution in [0.2, 0.25) is 0 Å². The van der Waals surface area contributed by atoms with Crippen LogP contribution in [-0.4, -0.2) is 30.9 Å². The van der Waals surface area contributed by atoms with E-state index in [-0.39, 0.29) is 17.4 Å². The molecule has 1 aliphatic heterocycles. The second-order valence-electron chi connectivity index (χ2n) is 4.83. The Balaban J connectivity index is 2.25. The average molecular weight is 278 g/mol. The molecule has 1 aliphatic rings. The second kappa shape index (κ2) is 6.36. The molecule has 1 fully saturated rings. The Morgan fingerprint density at radius 1 is 1.55 bits per heavy atom. The number of carbonyl (C=O) groups is 1. The number of benzene rings is 1. The summed E-state index contributed by atoms with van der Waals surface area (Å²) in [5, 5.41) is 10.9. The predicted octanol–water partition coefficient (Wildman–Crippen LogP) is 2.41. The van der Waals surface area contributed by atoms with E-state index in [4.69, 9.17) is 4.74 Å². The lowest BCUT2D eigenvalue weighted by atomic mass is 9.99. The van der Waals surface area contributed by atoms with Crippen molar-refractivity contribution < 1.29 is 14.5 Å². The number of piperidine rings is 1. The van der Waals surface area contributed by atoms with Gasteiger partial charge in [0.25, 0.3) is 0 Å². The van der Waals surface area contributed by atoms with Crippen molar-refractivity contribution in [1.82, 2.24) is 0 Å². The van der Waals surface area contributed by atoms with Gasteiger partial charge in [-0.05, 0) is 25.8 Å². The van der Waals surface area contributed by atoms with Gasteiger partial charge in [-0.25, -0.2) is 0 Å². The fourth-order valence-electron chi connectivity index (χ4n) is 2.48. The summed E-state index contributed by atoms with van der Waals surface area (Å²) in [6, 6.07) is 4.87. The van der Waals surface area contributed by atoms with Crippen LogP contribution in [0.1, 0.15) is 19.8 Å². The number of ether oxygens (including phenoxy) is 1. The molecule has 0 aliphatic carbocycles. The smallest absolute Gasteiger partial charge is 0.311 e. The van der Waals surface area contributed by atoms with Crippen LogP contribution in [-0.2, 0) is 4.79 Å². The molecule has 20 heavy (non-hydrogen) atoms. The first-order valence-corrected chi connectivity index (χ1v) is 6.77. The van der Waals surface area contributed by atoms with E-state index in [1.54, 1.807) is 19.1 Å². The van der Waals surface area contributed by atoms with Crippen LogP contribution in [0.15, 0.2) is 18.2 Å². The van der Waals surface area contributed by atoms with Gasteiger partial charge in [0.1, 0.15) is 6.29 Å². The van der Waals surface area contributed by atoms with Crippen LogP contribution in [0.5, 0.6) is 5.75 Å². The Labute approximate surface area is 117 Å². The van der Waals surface area contributed by atoms with E-state index in [9.17, 15) is 14.9 Å². The van der Waals surface area contributed by atoms with Crippen molar-refractivity contribution in [2.45, 2.75) is 19.8 Å². The molecule has 0 aromatic heterocycles. The highest BCUT2D eigenvalue weighted by Gasteiger charge is 2.22. The summed E-state index contributed by atoms with van der Waals surface area (Å²) in [6.07, 6.45) is 2.84. The van der Waals surface area contributed by atoms with Gasteiger partial charge in [0.2, 0.25) is 0 Å². The van der Waals surface area contributed by atoms with E-state index in [0.717, 1.165) is 31.4 Å². The first-order chi connectivity index (χ1) is 9.65. The molecule has 0 radical (unpaired) electrons. The van der Waals surface area contributed by atoms with Crippen molar-refractivity contribution in [1.29, 1.82) is 0 Å². The molecule has 1 aromatic rings. The van der Waals surface area contributed by atoms with Crippen LogP contribution in [0.25, 0.3) is 0 Å². The van der Waals surface area contributed by atoms with Crippen LogP contribution >= 0.6 is 0 Å².